The van der Waals surface area contributed by atoms with Gasteiger partial charge >= 0.3 is 6.16 Å². The first-order valence-electron chi connectivity index (χ1n) is 6.19. The van der Waals surface area contributed by atoms with Crippen LogP contribution in [-0.4, -0.2) is 34.7 Å². The lowest BCUT2D eigenvalue weighted by Crippen LogP contribution is -2.10. The zero-order valence-corrected chi connectivity index (χ0v) is 11.3. The van der Waals surface area contributed by atoms with Crippen molar-refractivity contribution in [3.63, 3.8) is 0 Å². The fraction of sp³-hybridized carbons (Fsp3) is 0.308. The van der Waals surface area contributed by atoms with E-state index >= 15 is 0 Å². The molecule has 7 nitrogen and oxygen atoms in total. The highest BCUT2D eigenvalue weighted by atomic mass is 16.7. The molecule has 0 fully saturated rings. The predicted octanol–water partition coefficient (Wildman–Crippen LogP) is 2.23. The van der Waals surface area contributed by atoms with Crippen LogP contribution in [0.4, 0.5) is 4.79 Å². The molecule has 0 spiro atoms. The average molecular weight is 277 g/mol. The number of imidazole rings is 1. The van der Waals surface area contributed by atoms with Crippen LogP contribution in [0, 0.1) is 5.41 Å². The molecule has 0 saturated heterocycles. The van der Waals surface area contributed by atoms with Gasteiger partial charge in [-0.3, -0.25) is 5.41 Å². The number of aromatic nitrogens is 2. The maximum Gasteiger partial charge on any atom is 0.515 e. The summed E-state index contributed by atoms with van der Waals surface area (Å²) in [5.74, 6) is 0.222. The molecule has 2 heterocycles. The SMILES string of the molecule is CCOC(=N)c1ccc2nc(OC(=O)OCC)cn2c1. The van der Waals surface area contributed by atoms with Crippen LogP contribution in [0.5, 0.6) is 5.88 Å². The molecule has 0 bridgehead atoms. The van der Waals surface area contributed by atoms with Crippen molar-refractivity contribution in [2.24, 2.45) is 0 Å². The van der Waals surface area contributed by atoms with Crippen molar-refractivity contribution in [2.45, 2.75) is 13.8 Å². The van der Waals surface area contributed by atoms with E-state index in [2.05, 4.69) is 9.72 Å². The van der Waals surface area contributed by atoms with Crippen LogP contribution in [0.15, 0.2) is 24.5 Å². The normalized spacial score (nSPS) is 10.3. The van der Waals surface area contributed by atoms with E-state index in [-0.39, 0.29) is 18.4 Å². The Balaban J connectivity index is 2.21. The van der Waals surface area contributed by atoms with Crippen LogP contribution in [0.2, 0.25) is 0 Å². The van der Waals surface area contributed by atoms with Crippen molar-refractivity contribution < 1.29 is 19.0 Å². The molecule has 0 saturated carbocycles. The number of nitrogens with zero attached hydrogens (tertiary/aromatic N) is 2. The van der Waals surface area contributed by atoms with Gasteiger partial charge in [0.2, 0.25) is 11.8 Å². The number of rotatable bonds is 4. The highest BCUT2D eigenvalue weighted by Gasteiger charge is 2.10. The Morgan fingerprint density at radius 3 is 2.70 bits per heavy atom. The Bertz CT molecular complexity index is 636. The first-order chi connectivity index (χ1) is 9.63. The molecule has 0 atom stereocenters. The van der Waals surface area contributed by atoms with E-state index in [9.17, 15) is 4.79 Å². The molecule has 20 heavy (non-hydrogen) atoms. The monoisotopic (exact) mass is 277 g/mol. The Labute approximate surface area is 115 Å². The summed E-state index contributed by atoms with van der Waals surface area (Å²) in [6, 6.07) is 3.43. The van der Waals surface area contributed by atoms with E-state index in [0.717, 1.165) is 0 Å². The van der Waals surface area contributed by atoms with Crippen molar-refractivity contribution in [1.82, 2.24) is 9.38 Å². The molecule has 0 aliphatic carbocycles. The molecular weight excluding hydrogens is 262 g/mol. The van der Waals surface area contributed by atoms with Crippen LogP contribution in [-0.2, 0) is 9.47 Å². The van der Waals surface area contributed by atoms with Gasteiger partial charge in [0.05, 0.1) is 25.0 Å². The second-order valence-electron chi connectivity index (χ2n) is 3.81. The smallest absolute Gasteiger partial charge is 0.478 e. The zero-order valence-electron chi connectivity index (χ0n) is 11.3. The molecule has 7 heteroatoms. The Kier molecular flexibility index (Phi) is 4.19. The maximum atomic E-state index is 11.2. The molecule has 106 valence electrons. The summed E-state index contributed by atoms with van der Waals surface area (Å²) in [4.78, 5) is 15.3. The second kappa shape index (κ2) is 6.05. The van der Waals surface area contributed by atoms with E-state index < -0.39 is 6.16 Å². The third-order valence-corrected chi connectivity index (χ3v) is 2.43. The standard InChI is InChI=1S/C13H15N3O4/c1-3-18-12(14)9-5-6-10-15-11(8-16(10)7-9)20-13(17)19-4-2/h5-8,14H,3-4H2,1-2H3. The lowest BCUT2D eigenvalue weighted by molar-refractivity contribution is 0.103. The van der Waals surface area contributed by atoms with Gasteiger partial charge in [-0.2, -0.15) is 4.98 Å². The number of hydrogen-bond donors (Lipinski definition) is 1. The minimum absolute atomic E-state index is 0.0796. The van der Waals surface area contributed by atoms with E-state index in [1.165, 1.54) is 6.20 Å². The van der Waals surface area contributed by atoms with E-state index in [1.54, 1.807) is 29.7 Å². The van der Waals surface area contributed by atoms with Crippen LogP contribution in [0.25, 0.3) is 5.65 Å². The van der Waals surface area contributed by atoms with E-state index in [1.807, 2.05) is 6.92 Å². The molecule has 1 N–H and O–H groups in total. The molecular formula is C13H15N3O4. The quantitative estimate of drug-likeness (QED) is 0.526. The topological polar surface area (TPSA) is 85.9 Å². The Morgan fingerprint density at radius 2 is 2.00 bits per heavy atom. The second-order valence-corrected chi connectivity index (χ2v) is 3.81. The summed E-state index contributed by atoms with van der Waals surface area (Å²) in [6.45, 7) is 4.17. The number of fused-ring (bicyclic) bond motifs is 1. The third kappa shape index (κ3) is 3.05. The van der Waals surface area contributed by atoms with Gasteiger partial charge in [-0.05, 0) is 26.0 Å². The predicted molar refractivity (Wildman–Crippen MR) is 71.3 cm³/mol. The number of pyridine rings is 1. The fourth-order valence-corrected chi connectivity index (χ4v) is 1.61. The van der Waals surface area contributed by atoms with Crippen molar-refractivity contribution >= 4 is 17.7 Å². The Morgan fingerprint density at radius 1 is 1.25 bits per heavy atom. The largest absolute Gasteiger partial charge is 0.515 e. The van der Waals surface area contributed by atoms with Crippen molar-refractivity contribution in [3.8, 4) is 5.88 Å². The molecule has 2 rings (SSSR count). The highest BCUT2D eigenvalue weighted by Crippen LogP contribution is 2.14. The third-order valence-electron chi connectivity index (χ3n) is 2.43. The van der Waals surface area contributed by atoms with Crippen LogP contribution in [0.3, 0.4) is 0 Å². The van der Waals surface area contributed by atoms with Crippen molar-refractivity contribution in [3.05, 3.63) is 30.1 Å². The molecule has 0 amide bonds. The molecule has 2 aromatic heterocycles. The van der Waals surface area contributed by atoms with Crippen LogP contribution < -0.4 is 4.74 Å². The molecule has 0 aromatic carbocycles. The first-order valence-corrected chi connectivity index (χ1v) is 6.19. The summed E-state index contributed by atoms with van der Waals surface area (Å²) in [7, 11) is 0. The van der Waals surface area contributed by atoms with Gasteiger partial charge in [0, 0.05) is 6.20 Å². The van der Waals surface area contributed by atoms with Gasteiger partial charge in [0.25, 0.3) is 0 Å². The van der Waals surface area contributed by atoms with Crippen LogP contribution in [0.1, 0.15) is 19.4 Å². The van der Waals surface area contributed by atoms with Crippen molar-refractivity contribution in [2.75, 3.05) is 13.2 Å². The minimum atomic E-state index is -0.793. The number of ether oxygens (including phenoxy) is 3. The summed E-state index contributed by atoms with van der Waals surface area (Å²) >= 11 is 0. The van der Waals surface area contributed by atoms with Gasteiger partial charge in [-0.25, -0.2) is 4.79 Å². The van der Waals surface area contributed by atoms with Gasteiger partial charge in [-0.15, -0.1) is 0 Å². The van der Waals surface area contributed by atoms with E-state index in [4.69, 9.17) is 14.9 Å². The maximum absolute atomic E-state index is 11.2. The van der Waals surface area contributed by atoms with Crippen molar-refractivity contribution in [1.29, 1.82) is 5.41 Å². The lowest BCUT2D eigenvalue weighted by atomic mass is 10.3. The fourth-order valence-electron chi connectivity index (χ4n) is 1.61. The van der Waals surface area contributed by atoms with Crippen LogP contribution >= 0.6 is 0 Å². The van der Waals surface area contributed by atoms with E-state index in [0.29, 0.717) is 17.8 Å². The molecule has 0 aliphatic rings. The first kappa shape index (κ1) is 13.9. The number of hydrogen-bond acceptors (Lipinski definition) is 6. The highest BCUT2D eigenvalue weighted by molar-refractivity contribution is 5.91. The average Bonchev–Trinajstić information content (AvgIpc) is 2.80. The molecule has 0 aliphatic heterocycles. The number of carbonyl (C=O) groups excluding carboxylic acids is 1. The number of nitrogens with one attached hydrogen (secondary N) is 1. The van der Waals surface area contributed by atoms with Gasteiger partial charge in [-0.1, -0.05) is 0 Å². The lowest BCUT2D eigenvalue weighted by Gasteiger charge is -2.04. The molecule has 0 radical (unpaired) electrons. The summed E-state index contributed by atoms with van der Waals surface area (Å²) in [5, 5.41) is 7.72. The van der Waals surface area contributed by atoms with Gasteiger partial charge in [0.1, 0.15) is 5.65 Å². The Hall–Kier alpha value is -2.57. The molecule has 2 aromatic rings. The molecule has 0 unspecified atom stereocenters. The summed E-state index contributed by atoms with van der Waals surface area (Å²) in [6.07, 6.45) is 2.42. The minimum Gasteiger partial charge on any atom is -0.478 e. The number of carbonyl (C=O) groups is 1. The van der Waals surface area contributed by atoms with Gasteiger partial charge < -0.3 is 18.6 Å². The summed E-state index contributed by atoms with van der Waals surface area (Å²) < 4.78 is 16.4. The van der Waals surface area contributed by atoms with Gasteiger partial charge in [0.15, 0.2) is 0 Å². The summed E-state index contributed by atoms with van der Waals surface area (Å²) in [5.41, 5.74) is 1.21. The zero-order chi connectivity index (χ0) is 14.5.